The number of halogens is 1. The van der Waals surface area contributed by atoms with Gasteiger partial charge in [0.2, 0.25) is 0 Å². The average molecular weight is 359 g/mol. The lowest BCUT2D eigenvalue weighted by Gasteiger charge is -2.15. The summed E-state index contributed by atoms with van der Waals surface area (Å²) < 4.78 is 29.4. The summed E-state index contributed by atoms with van der Waals surface area (Å²) in [6.07, 6.45) is 0. The monoisotopic (exact) mass is 358 g/mol. The maximum atomic E-state index is 12.2. The predicted molar refractivity (Wildman–Crippen MR) is 94.5 cm³/mol. The summed E-state index contributed by atoms with van der Waals surface area (Å²) in [7, 11) is 1.54. The highest BCUT2D eigenvalue weighted by atomic mass is 35.7. The van der Waals surface area contributed by atoms with Crippen LogP contribution in [0.3, 0.4) is 0 Å². The number of rotatable bonds is 2. The summed E-state index contributed by atoms with van der Waals surface area (Å²) in [5.41, 5.74) is 0. The van der Waals surface area contributed by atoms with Crippen molar-refractivity contribution in [3.05, 3.63) is 48.5 Å². The summed E-state index contributed by atoms with van der Waals surface area (Å²) in [6.45, 7) is 1.22. The molecule has 0 unspecified atom stereocenters. The molecular weight excluding hydrogens is 348 g/mol. The van der Waals surface area contributed by atoms with E-state index in [1.54, 1.807) is 12.1 Å². The summed E-state index contributed by atoms with van der Waals surface area (Å²) in [5.74, 6) is -0.659. The molecule has 4 aromatic carbocycles. The molecule has 0 aliphatic rings. The molecule has 120 valence electrons. The van der Waals surface area contributed by atoms with Crippen LogP contribution in [-0.2, 0) is 13.8 Å². The van der Waals surface area contributed by atoms with E-state index in [9.17, 15) is 13.2 Å². The lowest BCUT2D eigenvalue weighted by Crippen LogP contribution is -2.06. The number of hydrogen-bond donors (Lipinski definition) is 0. The molecule has 0 heterocycles. The van der Waals surface area contributed by atoms with E-state index in [2.05, 4.69) is 0 Å². The number of esters is 1. The van der Waals surface area contributed by atoms with Crippen molar-refractivity contribution in [2.45, 2.75) is 11.8 Å². The molecule has 0 bridgehead atoms. The molecule has 4 rings (SSSR count). The van der Waals surface area contributed by atoms with Crippen molar-refractivity contribution in [1.29, 1.82) is 0 Å². The Morgan fingerprint density at radius 1 is 0.958 bits per heavy atom. The minimum atomic E-state index is -4.11. The molecule has 0 saturated carbocycles. The van der Waals surface area contributed by atoms with Gasteiger partial charge in [0.1, 0.15) is 4.90 Å². The predicted octanol–water partition coefficient (Wildman–Crippen LogP) is 4.44. The van der Waals surface area contributed by atoms with Crippen LogP contribution in [0, 0.1) is 0 Å². The second kappa shape index (κ2) is 5.06. The number of benzene rings is 4. The summed E-state index contributed by atoms with van der Waals surface area (Å²) in [5, 5.41) is 4.99. The van der Waals surface area contributed by atoms with Crippen molar-refractivity contribution in [2.24, 2.45) is 0 Å². The van der Waals surface area contributed by atoms with Crippen molar-refractivity contribution in [3.63, 3.8) is 0 Å². The van der Waals surface area contributed by atoms with Gasteiger partial charge in [-0.25, -0.2) is 8.42 Å². The maximum Gasteiger partial charge on any atom is 0.308 e. The van der Waals surface area contributed by atoms with Gasteiger partial charge in [-0.1, -0.05) is 42.5 Å². The molecule has 6 heteroatoms. The maximum absolute atomic E-state index is 12.2. The first-order valence-corrected chi connectivity index (χ1v) is 9.51. The Morgan fingerprint density at radius 2 is 1.58 bits per heavy atom. The highest BCUT2D eigenvalue weighted by Gasteiger charge is 2.24. The molecule has 0 aromatic heterocycles. The molecule has 24 heavy (non-hydrogen) atoms. The molecule has 0 fully saturated rings. The Hall–Kier alpha value is -2.37. The lowest BCUT2D eigenvalue weighted by molar-refractivity contribution is -0.132. The standard InChI is InChI=1S/C18H11ClO4S/c1-10(20)23-15-9-13-6-5-11-3-2-4-12-7-8-14(17(13)16(11)12)18(15)24(19,21)22/h2-9H,1H3. The fraction of sp³-hybridized carbons (Fsp3) is 0.0556. The van der Waals surface area contributed by atoms with Gasteiger partial charge < -0.3 is 4.74 Å². The van der Waals surface area contributed by atoms with Crippen LogP contribution < -0.4 is 4.74 Å². The molecule has 4 aromatic rings. The largest absolute Gasteiger partial charge is 0.425 e. The fourth-order valence-electron chi connectivity index (χ4n) is 3.24. The second-order valence-corrected chi connectivity index (χ2v) is 8.09. The second-order valence-electron chi connectivity index (χ2n) is 5.59. The normalized spacial score (nSPS) is 12.2. The van der Waals surface area contributed by atoms with Gasteiger partial charge in [0.05, 0.1) is 0 Å². The molecule has 0 aliphatic carbocycles. The fourth-order valence-corrected chi connectivity index (χ4v) is 4.49. The molecule has 0 saturated heterocycles. The first-order valence-electron chi connectivity index (χ1n) is 7.20. The first kappa shape index (κ1) is 15.2. The lowest BCUT2D eigenvalue weighted by atomic mass is 9.94. The zero-order valence-electron chi connectivity index (χ0n) is 12.5. The number of carbonyl (C=O) groups excluding carboxylic acids is 1. The SMILES string of the molecule is CC(=O)Oc1cc2ccc3cccc4ccc(c1S(=O)(=O)Cl)c2c34. The van der Waals surface area contributed by atoms with Crippen molar-refractivity contribution in [2.75, 3.05) is 0 Å². The number of ether oxygens (including phenoxy) is 1. The highest BCUT2D eigenvalue weighted by Crippen LogP contribution is 2.42. The van der Waals surface area contributed by atoms with Crippen molar-refractivity contribution < 1.29 is 17.9 Å². The molecule has 0 spiro atoms. The number of hydrogen-bond acceptors (Lipinski definition) is 4. The summed E-state index contributed by atoms with van der Waals surface area (Å²) >= 11 is 0. The van der Waals surface area contributed by atoms with Crippen molar-refractivity contribution >= 4 is 58.0 Å². The van der Waals surface area contributed by atoms with Crippen LogP contribution in [0.4, 0.5) is 0 Å². The Morgan fingerprint density at radius 3 is 2.21 bits per heavy atom. The van der Waals surface area contributed by atoms with E-state index >= 15 is 0 Å². The quantitative estimate of drug-likeness (QED) is 0.230. The third kappa shape index (κ3) is 2.20. The van der Waals surface area contributed by atoms with Gasteiger partial charge in [0, 0.05) is 23.0 Å². The van der Waals surface area contributed by atoms with E-state index in [1.807, 2.05) is 36.4 Å². The molecule has 4 nitrogen and oxygen atoms in total. The van der Waals surface area contributed by atoms with Gasteiger partial charge in [-0.05, 0) is 33.0 Å². The topological polar surface area (TPSA) is 60.4 Å². The minimum Gasteiger partial charge on any atom is -0.425 e. The van der Waals surface area contributed by atoms with Gasteiger partial charge in [-0.2, -0.15) is 0 Å². The molecule has 0 amide bonds. The van der Waals surface area contributed by atoms with Gasteiger partial charge in [-0.3, -0.25) is 4.79 Å². The van der Waals surface area contributed by atoms with Crippen LogP contribution in [-0.4, -0.2) is 14.4 Å². The van der Waals surface area contributed by atoms with Crippen molar-refractivity contribution in [1.82, 2.24) is 0 Å². The third-order valence-corrected chi connectivity index (χ3v) is 5.43. The average Bonchev–Trinajstić information content (AvgIpc) is 2.50. The third-order valence-electron chi connectivity index (χ3n) is 4.06. The van der Waals surface area contributed by atoms with Crippen LogP contribution >= 0.6 is 10.7 Å². The summed E-state index contributed by atoms with van der Waals surface area (Å²) in [4.78, 5) is 11.2. The highest BCUT2D eigenvalue weighted by molar-refractivity contribution is 8.14. The van der Waals surface area contributed by atoms with Gasteiger partial charge >= 0.3 is 5.97 Å². The van der Waals surface area contributed by atoms with E-state index in [0.717, 1.165) is 26.9 Å². The van der Waals surface area contributed by atoms with Gasteiger partial charge in [0.25, 0.3) is 9.05 Å². The van der Waals surface area contributed by atoms with E-state index < -0.39 is 15.0 Å². The van der Waals surface area contributed by atoms with Crippen LogP contribution in [0.2, 0.25) is 0 Å². The Balaban J connectivity index is 2.29. The Labute approximate surface area is 142 Å². The van der Waals surface area contributed by atoms with Crippen LogP contribution in [0.1, 0.15) is 6.92 Å². The number of carbonyl (C=O) groups is 1. The Kier molecular flexibility index (Phi) is 3.20. The molecule has 0 N–H and O–H groups in total. The molecule has 0 atom stereocenters. The molecule has 0 aliphatic heterocycles. The molecule has 0 radical (unpaired) electrons. The zero-order valence-corrected chi connectivity index (χ0v) is 14.1. The van der Waals surface area contributed by atoms with Crippen LogP contribution in [0.5, 0.6) is 5.75 Å². The van der Waals surface area contributed by atoms with E-state index in [1.165, 1.54) is 6.92 Å². The van der Waals surface area contributed by atoms with E-state index in [4.69, 9.17) is 15.4 Å². The van der Waals surface area contributed by atoms with Crippen LogP contribution in [0.25, 0.3) is 32.3 Å². The van der Waals surface area contributed by atoms with E-state index in [0.29, 0.717) is 5.39 Å². The van der Waals surface area contributed by atoms with E-state index in [-0.39, 0.29) is 10.6 Å². The Bertz CT molecular complexity index is 1210. The zero-order chi connectivity index (χ0) is 17.1. The van der Waals surface area contributed by atoms with Gasteiger partial charge in [-0.15, -0.1) is 0 Å². The van der Waals surface area contributed by atoms with Crippen LogP contribution in [0.15, 0.2) is 53.4 Å². The smallest absolute Gasteiger partial charge is 0.308 e. The molecular formula is C18H11ClO4S. The van der Waals surface area contributed by atoms with Crippen molar-refractivity contribution in [3.8, 4) is 5.75 Å². The summed E-state index contributed by atoms with van der Waals surface area (Å²) in [6, 6.07) is 14.8. The van der Waals surface area contributed by atoms with Gasteiger partial charge in [0.15, 0.2) is 5.75 Å². The minimum absolute atomic E-state index is 0.0524. The first-order chi connectivity index (χ1) is 11.4.